The molecule has 2 N–H and O–H groups in total. The summed E-state index contributed by atoms with van der Waals surface area (Å²) >= 11 is 1.83. The average Bonchev–Trinajstić information content (AvgIpc) is 3.12. The molecule has 0 amide bonds. The summed E-state index contributed by atoms with van der Waals surface area (Å²) in [7, 11) is 0. The van der Waals surface area contributed by atoms with Crippen molar-refractivity contribution in [2.45, 2.75) is 13.2 Å². The highest BCUT2D eigenvalue weighted by Crippen LogP contribution is 2.06. The third kappa shape index (κ3) is 3.24. The lowest BCUT2D eigenvalue weighted by Crippen LogP contribution is -3.27. The van der Waals surface area contributed by atoms with E-state index in [-0.39, 0.29) is 5.56 Å². The predicted octanol–water partition coefficient (Wildman–Crippen LogP) is -1.21. The molecule has 1 fully saturated rings. The number of piperazine rings is 1. The summed E-state index contributed by atoms with van der Waals surface area (Å²) in [6.45, 7) is 6.08. The molecule has 1 aliphatic rings. The van der Waals surface area contributed by atoms with Crippen LogP contribution in [-0.4, -0.2) is 41.2 Å². The number of fused-ring (bicyclic) bond motifs is 1. The van der Waals surface area contributed by atoms with Crippen molar-refractivity contribution in [2.24, 2.45) is 0 Å². The van der Waals surface area contributed by atoms with E-state index in [4.69, 9.17) is 0 Å². The summed E-state index contributed by atoms with van der Waals surface area (Å²) in [6.07, 6.45) is 0. The van der Waals surface area contributed by atoms with Gasteiger partial charge in [0.25, 0.3) is 5.56 Å². The minimum atomic E-state index is -0.0403. The van der Waals surface area contributed by atoms with E-state index in [1.54, 1.807) is 4.90 Å². The van der Waals surface area contributed by atoms with Crippen LogP contribution in [0.3, 0.4) is 0 Å². The van der Waals surface area contributed by atoms with E-state index in [9.17, 15) is 4.79 Å². The average molecular weight is 343 g/mol. The molecule has 6 nitrogen and oxygen atoms in total. The molecule has 0 unspecified atom stereocenters. The van der Waals surface area contributed by atoms with Crippen LogP contribution in [0.2, 0.25) is 0 Å². The quantitative estimate of drug-likeness (QED) is 0.625. The SMILES string of the molecule is O=c1c2ccccc2nnn1C[NH+]1CC[NH+](Cc2cccs2)CC1. The highest BCUT2D eigenvalue weighted by molar-refractivity contribution is 7.09. The monoisotopic (exact) mass is 343 g/mol. The number of thiophene rings is 1. The zero-order valence-corrected chi connectivity index (χ0v) is 14.3. The molecular weight excluding hydrogens is 322 g/mol. The van der Waals surface area contributed by atoms with E-state index < -0.39 is 0 Å². The van der Waals surface area contributed by atoms with Gasteiger partial charge in [-0.1, -0.05) is 23.4 Å². The van der Waals surface area contributed by atoms with Crippen LogP contribution in [0.1, 0.15) is 4.88 Å². The fourth-order valence-corrected chi connectivity index (χ4v) is 4.07. The molecule has 1 saturated heterocycles. The second kappa shape index (κ2) is 6.80. The second-order valence-corrected chi connectivity index (χ2v) is 7.36. The van der Waals surface area contributed by atoms with Crippen LogP contribution >= 0.6 is 11.3 Å². The highest BCUT2D eigenvalue weighted by atomic mass is 32.1. The van der Waals surface area contributed by atoms with Gasteiger partial charge in [-0.3, -0.25) is 4.79 Å². The largest absolute Gasteiger partial charge is 0.321 e. The molecule has 0 radical (unpaired) electrons. The fourth-order valence-electron chi connectivity index (χ4n) is 3.29. The lowest BCUT2D eigenvalue weighted by molar-refractivity contribution is -1.03. The number of benzene rings is 1. The van der Waals surface area contributed by atoms with Crippen molar-refractivity contribution in [2.75, 3.05) is 26.2 Å². The van der Waals surface area contributed by atoms with Gasteiger partial charge in [-0.2, -0.15) is 4.68 Å². The Hall–Kier alpha value is -2.09. The number of hydrogen-bond donors (Lipinski definition) is 2. The summed E-state index contributed by atoms with van der Waals surface area (Å²) in [4.78, 5) is 17.0. The van der Waals surface area contributed by atoms with E-state index in [1.807, 2.05) is 35.6 Å². The standard InChI is InChI=1S/C17H19N5OS/c23-17-15-5-1-2-6-16(15)18-19-22(17)13-21-9-7-20(8-10-21)12-14-4-3-11-24-14/h1-6,11H,7-10,12-13H2/p+2. The Morgan fingerprint density at radius 2 is 1.83 bits per heavy atom. The first-order chi connectivity index (χ1) is 11.8. The molecular formula is C17H21N5OS+2. The van der Waals surface area contributed by atoms with Crippen LogP contribution in [0.4, 0.5) is 0 Å². The number of hydrogen-bond acceptors (Lipinski definition) is 4. The third-order valence-electron chi connectivity index (χ3n) is 4.67. The van der Waals surface area contributed by atoms with Gasteiger partial charge in [-0.05, 0) is 23.6 Å². The first kappa shape index (κ1) is 15.4. The highest BCUT2D eigenvalue weighted by Gasteiger charge is 2.24. The van der Waals surface area contributed by atoms with Gasteiger partial charge in [-0.25, -0.2) is 0 Å². The van der Waals surface area contributed by atoms with Crippen LogP contribution in [0.5, 0.6) is 0 Å². The van der Waals surface area contributed by atoms with Gasteiger partial charge in [0.2, 0.25) is 0 Å². The number of aromatic nitrogens is 3. The van der Waals surface area contributed by atoms with Crippen LogP contribution in [0.15, 0.2) is 46.6 Å². The summed E-state index contributed by atoms with van der Waals surface area (Å²) in [5.41, 5.74) is 0.625. The Bertz CT molecular complexity index is 868. The van der Waals surface area contributed by atoms with Gasteiger partial charge in [0, 0.05) is 0 Å². The molecule has 2 aromatic heterocycles. The number of quaternary nitrogens is 2. The van der Waals surface area contributed by atoms with Gasteiger partial charge < -0.3 is 9.80 Å². The molecule has 0 spiro atoms. The molecule has 124 valence electrons. The van der Waals surface area contributed by atoms with Crippen molar-refractivity contribution in [3.63, 3.8) is 0 Å². The van der Waals surface area contributed by atoms with Crippen LogP contribution in [0, 0.1) is 0 Å². The minimum absolute atomic E-state index is 0.0403. The Morgan fingerprint density at radius 1 is 1.04 bits per heavy atom. The summed E-state index contributed by atoms with van der Waals surface area (Å²) in [5, 5.41) is 11.1. The molecule has 0 bridgehead atoms. The summed E-state index contributed by atoms with van der Waals surface area (Å²) in [5.74, 6) is 0. The first-order valence-electron chi connectivity index (χ1n) is 8.31. The van der Waals surface area contributed by atoms with E-state index in [0.717, 1.165) is 32.7 Å². The van der Waals surface area contributed by atoms with Crippen LogP contribution in [-0.2, 0) is 13.2 Å². The first-order valence-corrected chi connectivity index (χ1v) is 9.19. The maximum Gasteiger partial charge on any atom is 0.282 e. The molecule has 0 aliphatic carbocycles. The molecule has 3 heterocycles. The molecule has 7 heteroatoms. The van der Waals surface area contributed by atoms with Crippen LogP contribution in [0.25, 0.3) is 10.9 Å². The molecule has 3 aromatic rings. The van der Waals surface area contributed by atoms with Crippen molar-refractivity contribution in [3.05, 3.63) is 57.0 Å². The maximum atomic E-state index is 12.5. The maximum absolute atomic E-state index is 12.5. The number of rotatable bonds is 4. The Balaban J connectivity index is 1.40. The van der Waals surface area contributed by atoms with Gasteiger partial charge in [0.05, 0.1) is 10.3 Å². The third-order valence-corrected chi connectivity index (χ3v) is 5.55. The molecule has 24 heavy (non-hydrogen) atoms. The molecule has 0 atom stereocenters. The van der Waals surface area contributed by atoms with Crippen molar-refractivity contribution >= 4 is 22.2 Å². The van der Waals surface area contributed by atoms with Crippen molar-refractivity contribution < 1.29 is 9.80 Å². The lowest BCUT2D eigenvalue weighted by Gasteiger charge is -2.29. The van der Waals surface area contributed by atoms with E-state index in [1.165, 1.54) is 14.5 Å². The smallest absolute Gasteiger partial charge is 0.282 e. The van der Waals surface area contributed by atoms with E-state index in [0.29, 0.717) is 17.6 Å². The summed E-state index contributed by atoms with van der Waals surface area (Å²) < 4.78 is 1.52. The summed E-state index contributed by atoms with van der Waals surface area (Å²) in [6, 6.07) is 11.7. The number of nitrogens with one attached hydrogen (secondary N) is 2. The van der Waals surface area contributed by atoms with Gasteiger partial charge >= 0.3 is 0 Å². The molecule has 4 rings (SSSR count). The Kier molecular flexibility index (Phi) is 4.38. The van der Waals surface area contributed by atoms with Gasteiger partial charge in [0.1, 0.15) is 38.2 Å². The van der Waals surface area contributed by atoms with E-state index in [2.05, 4.69) is 27.8 Å². The van der Waals surface area contributed by atoms with Crippen molar-refractivity contribution in [1.29, 1.82) is 0 Å². The second-order valence-electron chi connectivity index (χ2n) is 6.33. The van der Waals surface area contributed by atoms with E-state index >= 15 is 0 Å². The van der Waals surface area contributed by atoms with Gasteiger partial charge in [-0.15, -0.1) is 16.4 Å². The minimum Gasteiger partial charge on any atom is -0.321 e. The molecule has 0 saturated carbocycles. The zero-order valence-electron chi connectivity index (χ0n) is 13.4. The predicted molar refractivity (Wildman–Crippen MR) is 93.2 cm³/mol. The normalized spacial score (nSPS) is 21.2. The van der Waals surface area contributed by atoms with Gasteiger partial charge in [0.15, 0.2) is 6.67 Å². The Labute approximate surface area is 143 Å². The number of nitrogens with zero attached hydrogens (tertiary/aromatic N) is 3. The topological polar surface area (TPSA) is 56.7 Å². The Morgan fingerprint density at radius 3 is 2.62 bits per heavy atom. The molecule has 1 aromatic carbocycles. The van der Waals surface area contributed by atoms with Crippen molar-refractivity contribution in [1.82, 2.24) is 15.0 Å². The van der Waals surface area contributed by atoms with Crippen LogP contribution < -0.4 is 15.4 Å². The fraction of sp³-hybridized carbons (Fsp3) is 0.353. The van der Waals surface area contributed by atoms with Crippen molar-refractivity contribution in [3.8, 4) is 0 Å². The lowest BCUT2D eigenvalue weighted by atomic mass is 10.2. The zero-order chi connectivity index (χ0) is 16.4. The molecule has 1 aliphatic heterocycles.